The summed E-state index contributed by atoms with van der Waals surface area (Å²) in [6.07, 6.45) is 1.64. The van der Waals surface area contributed by atoms with Crippen LogP contribution in [0.5, 0.6) is 0 Å². The van der Waals surface area contributed by atoms with Crippen molar-refractivity contribution in [1.29, 1.82) is 0 Å². The summed E-state index contributed by atoms with van der Waals surface area (Å²) in [5, 5.41) is 13.8. The van der Waals surface area contributed by atoms with E-state index in [2.05, 4.69) is 10.3 Å². The zero-order chi connectivity index (χ0) is 16.0. The van der Waals surface area contributed by atoms with Gasteiger partial charge in [-0.2, -0.15) is 0 Å². The Hall–Kier alpha value is -1.45. The summed E-state index contributed by atoms with van der Waals surface area (Å²) in [7, 11) is -3.23. The fourth-order valence-corrected chi connectivity index (χ4v) is 2.80. The number of anilines is 1. The fraction of sp³-hybridized carbons (Fsp3) is 0.545. The number of hydrogen-bond acceptors (Lipinski definition) is 6. The number of nitrogens with one attached hydrogen (secondary N) is 1. The smallest absolute Gasteiger partial charge is 0.311 e. The molecule has 10 heteroatoms. The molecule has 1 aromatic rings. The summed E-state index contributed by atoms with van der Waals surface area (Å²) in [6, 6.07) is 2.61. The first-order valence-electron chi connectivity index (χ1n) is 6.25. The van der Waals surface area contributed by atoms with Gasteiger partial charge in [0.2, 0.25) is 15.8 Å². The Morgan fingerprint density at radius 3 is 2.67 bits per heavy atom. The van der Waals surface area contributed by atoms with Crippen LogP contribution in [-0.2, 0) is 10.0 Å². The van der Waals surface area contributed by atoms with Crippen LogP contribution in [0.2, 0.25) is 5.15 Å². The Balaban J connectivity index is 2.61. The van der Waals surface area contributed by atoms with Crippen molar-refractivity contribution in [3.63, 3.8) is 0 Å². The molecule has 0 bridgehead atoms. The van der Waals surface area contributed by atoms with Gasteiger partial charge in [0, 0.05) is 25.7 Å². The molecule has 0 spiro atoms. The number of halogens is 1. The number of sulfonamides is 1. The summed E-state index contributed by atoms with van der Waals surface area (Å²) >= 11 is 5.71. The second kappa shape index (κ2) is 7.53. The van der Waals surface area contributed by atoms with Crippen LogP contribution in [-0.4, -0.2) is 48.5 Å². The molecule has 0 unspecified atom stereocenters. The third kappa shape index (κ3) is 5.44. The van der Waals surface area contributed by atoms with E-state index in [-0.39, 0.29) is 16.7 Å². The number of nitrogens with zero attached hydrogens (tertiary/aromatic N) is 3. The van der Waals surface area contributed by atoms with Crippen LogP contribution < -0.4 is 5.32 Å². The van der Waals surface area contributed by atoms with E-state index in [0.29, 0.717) is 26.1 Å². The van der Waals surface area contributed by atoms with E-state index in [0.717, 1.165) is 6.26 Å². The van der Waals surface area contributed by atoms with Crippen molar-refractivity contribution in [2.75, 3.05) is 31.2 Å². The highest BCUT2D eigenvalue weighted by atomic mass is 35.5. The summed E-state index contributed by atoms with van der Waals surface area (Å²) in [6.45, 7) is 2.81. The van der Waals surface area contributed by atoms with E-state index in [9.17, 15) is 18.5 Å². The van der Waals surface area contributed by atoms with Crippen LogP contribution in [0.25, 0.3) is 0 Å². The molecule has 0 aliphatic heterocycles. The number of nitro groups is 1. The number of rotatable bonds is 8. The molecule has 1 rings (SSSR count). The predicted octanol–water partition coefficient (Wildman–Crippen LogP) is 1.73. The quantitative estimate of drug-likeness (QED) is 0.335. The topological polar surface area (TPSA) is 105 Å². The molecule has 0 atom stereocenters. The molecule has 21 heavy (non-hydrogen) atoms. The lowest BCUT2D eigenvalue weighted by Crippen LogP contribution is -2.31. The molecule has 0 radical (unpaired) electrons. The molecule has 0 saturated heterocycles. The lowest BCUT2D eigenvalue weighted by atomic mass is 10.3. The van der Waals surface area contributed by atoms with E-state index in [4.69, 9.17) is 11.6 Å². The molecular weight excluding hydrogens is 320 g/mol. The molecule has 0 aliphatic rings. The van der Waals surface area contributed by atoms with Gasteiger partial charge >= 0.3 is 5.69 Å². The summed E-state index contributed by atoms with van der Waals surface area (Å²) in [5.41, 5.74) is -0.171. The van der Waals surface area contributed by atoms with Gasteiger partial charge in [0.15, 0.2) is 0 Å². The van der Waals surface area contributed by atoms with Crippen LogP contribution in [0.1, 0.15) is 13.3 Å². The molecular formula is C11H17ClN4O4S. The number of aromatic nitrogens is 1. The third-order valence-electron chi connectivity index (χ3n) is 2.74. The van der Waals surface area contributed by atoms with Crippen molar-refractivity contribution in [1.82, 2.24) is 9.29 Å². The Morgan fingerprint density at radius 2 is 2.14 bits per heavy atom. The molecule has 0 fully saturated rings. The average Bonchev–Trinajstić information content (AvgIpc) is 2.36. The zero-order valence-electron chi connectivity index (χ0n) is 11.7. The van der Waals surface area contributed by atoms with Crippen molar-refractivity contribution >= 4 is 33.1 Å². The minimum atomic E-state index is -3.23. The van der Waals surface area contributed by atoms with Crippen molar-refractivity contribution < 1.29 is 13.3 Å². The molecule has 0 aromatic carbocycles. The van der Waals surface area contributed by atoms with Gasteiger partial charge in [-0.15, -0.1) is 0 Å². The number of pyridine rings is 1. The molecule has 8 nitrogen and oxygen atoms in total. The minimum absolute atomic E-state index is 0.0786. The van der Waals surface area contributed by atoms with Gasteiger partial charge in [0.25, 0.3) is 0 Å². The van der Waals surface area contributed by atoms with Crippen LogP contribution in [0.4, 0.5) is 11.5 Å². The maximum atomic E-state index is 11.4. The van der Waals surface area contributed by atoms with Gasteiger partial charge in [0.1, 0.15) is 5.15 Å². The molecule has 118 valence electrons. The maximum Gasteiger partial charge on any atom is 0.311 e. The third-order valence-corrected chi connectivity index (χ3v) is 4.32. The minimum Gasteiger partial charge on any atom is -0.364 e. The highest BCUT2D eigenvalue weighted by Crippen LogP contribution is 2.23. The first kappa shape index (κ1) is 17.6. The molecule has 0 aliphatic carbocycles. The van der Waals surface area contributed by atoms with E-state index in [1.807, 2.05) is 0 Å². The second-order valence-electron chi connectivity index (χ2n) is 4.29. The molecule has 0 saturated carbocycles. The standard InChI is InChI=1S/C11H17ClN4O4S/c1-3-15(21(2,19)20)8-4-7-13-11-9(16(17)18)5-6-10(12)14-11/h5-6H,3-4,7-8H2,1-2H3,(H,13,14). The van der Waals surface area contributed by atoms with Gasteiger partial charge in [-0.1, -0.05) is 18.5 Å². The van der Waals surface area contributed by atoms with Crippen LogP contribution in [0.3, 0.4) is 0 Å². The fourth-order valence-electron chi connectivity index (χ4n) is 1.73. The summed E-state index contributed by atoms with van der Waals surface area (Å²) in [5.74, 6) is 0.0786. The Morgan fingerprint density at radius 1 is 1.48 bits per heavy atom. The first-order valence-corrected chi connectivity index (χ1v) is 8.48. The van der Waals surface area contributed by atoms with E-state index >= 15 is 0 Å². The largest absolute Gasteiger partial charge is 0.364 e. The average molecular weight is 337 g/mol. The van der Waals surface area contributed by atoms with Crippen molar-refractivity contribution in [2.45, 2.75) is 13.3 Å². The summed E-state index contributed by atoms with van der Waals surface area (Å²) < 4.78 is 24.1. The molecule has 1 heterocycles. The van der Waals surface area contributed by atoms with Gasteiger partial charge in [-0.3, -0.25) is 10.1 Å². The van der Waals surface area contributed by atoms with Crippen LogP contribution >= 0.6 is 11.6 Å². The second-order valence-corrected chi connectivity index (χ2v) is 6.66. The predicted molar refractivity (Wildman–Crippen MR) is 81.1 cm³/mol. The van der Waals surface area contributed by atoms with Crippen molar-refractivity contribution in [3.05, 3.63) is 27.4 Å². The zero-order valence-corrected chi connectivity index (χ0v) is 13.3. The van der Waals surface area contributed by atoms with E-state index < -0.39 is 14.9 Å². The lowest BCUT2D eigenvalue weighted by molar-refractivity contribution is -0.384. The van der Waals surface area contributed by atoms with Crippen LogP contribution in [0, 0.1) is 10.1 Å². The van der Waals surface area contributed by atoms with Gasteiger partial charge in [-0.05, 0) is 12.5 Å². The lowest BCUT2D eigenvalue weighted by Gasteiger charge is -2.17. The number of hydrogen-bond donors (Lipinski definition) is 1. The highest BCUT2D eigenvalue weighted by molar-refractivity contribution is 7.88. The van der Waals surface area contributed by atoms with Gasteiger partial charge in [-0.25, -0.2) is 17.7 Å². The van der Waals surface area contributed by atoms with Crippen LogP contribution in [0.15, 0.2) is 12.1 Å². The summed E-state index contributed by atoms with van der Waals surface area (Å²) in [4.78, 5) is 14.2. The molecule has 1 N–H and O–H groups in total. The SMILES string of the molecule is CCN(CCCNc1nc(Cl)ccc1[N+](=O)[O-])S(C)(=O)=O. The van der Waals surface area contributed by atoms with Gasteiger partial charge < -0.3 is 5.32 Å². The Kier molecular flexibility index (Phi) is 6.31. The van der Waals surface area contributed by atoms with E-state index in [1.54, 1.807) is 6.92 Å². The van der Waals surface area contributed by atoms with E-state index in [1.165, 1.54) is 16.4 Å². The maximum absolute atomic E-state index is 11.4. The Bertz CT molecular complexity index is 608. The van der Waals surface area contributed by atoms with Crippen molar-refractivity contribution in [3.8, 4) is 0 Å². The van der Waals surface area contributed by atoms with Gasteiger partial charge in [0.05, 0.1) is 11.2 Å². The molecule has 1 aromatic heterocycles. The highest BCUT2D eigenvalue weighted by Gasteiger charge is 2.16. The first-order chi connectivity index (χ1) is 9.75. The normalized spacial score (nSPS) is 11.6. The monoisotopic (exact) mass is 336 g/mol. The molecule has 0 amide bonds. The van der Waals surface area contributed by atoms with Crippen molar-refractivity contribution in [2.24, 2.45) is 0 Å². The Labute approximate surface area is 128 Å².